The summed E-state index contributed by atoms with van der Waals surface area (Å²) in [6.07, 6.45) is 59.5. The molecule has 0 aliphatic heterocycles. The maximum absolute atomic E-state index is 12.8. The molecule has 0 rings (SSSR count). The van der Waals surface area contributed by atoms with E-state index in [0.29, 0.717) is 19.3 Å². The van der Waals surface area contributed by atoms with Crippen LogP contribution in [0.3, 0.4) is 0 Å². The highest BCUT2D eigenvalue weighted by Crippen LogP contribution is 2.16. The van der Waals surface area contributed by atoms with Crippen LogP contribution in [0, 0.1) is 0 Å². The molecule has 0 aliphatic rings. The lowest BCUT2D eigenvalue weighted by atomic mass is 10.0. The van der Waals surface area contributed by atoms with Gasteiger partial charge in [-0.25, -0.2) is 0 Å². The van der Waals surface area contributed by atoms with Gasteiger partial charge in [-0.15, -0.1) is 0 Å². The molecule has 0 saturated carbocycles. The van der Waals surface area contributed by atoms with Crippen molar-refractivity contribution in [3.63, 3.8) is 0 Å². The third kappa shape index (κ3) is 48.3. The van der Waals surface area contributed by atoms with Gasteiger partial charge in [0.05, 0.1) is 0 Å². The highest BCUT2D eigenvalue weighted by atomic mass is 16.6. The molecule has 6 heteroatoms. The zero-order chi connectivity index (χ0) is 44.4. The van der Waals surface area contributed by atoms with Crippen molar-refractivity contribution < 1.29 is 28.6 Å². The summed E-state index contributed by atoms with van der Waals surface area (Å²) in [5, 5.41) is 0. The van der Waals surface area contributed by atoms with E-state index in [1.165, 1.54) is 141 Å². The minimum absolute atomic E-state index is 0.0823. The number of unbranched alkanes of at least 4 members (excludes halogenated alkanes) is 28. The van der Waals surface area contributed by atoms with Crippen molar-refractivity contribution in [2.75, 3.05) is 13.2 Å². The predicted molar refractivity (Wildman–Crippen MR) is 261 cm³/mol. The second-order valence-electron chi connectivity index (χ2n) is 17.4. The summed E-state index contributed by atoms with van der Waals surface area (Å²) < 4.78 is 16.8. The van der Waals surface area contributed by atoms with E-state index in [9.17, 15) is 14.4 Å². The van der Waals surface area contributed by atoms with E-state index >= 15 is 0 Å². The molecule has 0 unspecified atom stereocenters. The van der Waals surface area contributed by atoms with Gasteiger partial charge in [0.15, 0.2) is 6.10 Å². The van der Waals surface area contributed by atoms with Gasteiger partial charge < -0.3 is 14.2 Å². The first-order chi connectivity index (χ1) is 30.0. The van der Waals surface area contributed by atoms with Crippen LogP contribution in [-0.2, 0) is 28.6 Å². The molecule has 0 spiro atoms. The third-order valence-corrected chi connectivity index (χ3v) is 11.3. The lowest BCUT2D eigenvalue weighted by Gasteiger charge is -2.18. The van der Waals surface area contributed by atoms with Crippen molar-refractivity contribution in [2.24, 2.45) is 0 Å². The van der Waals surface area contributed by atoms with Crippen molar-refractivity contribution >= 4 is 17.9 Å². The number of allylic oxidation sites excluding steroid dienone is 8. The second-order valence-corrected chi connectivity index (χ2v) is 17.4. The SMILES string of the molecule is CC/C=C\C/C=C\C/C=C\C/C=C\CCCCC(=O)OC[C@H](COC(=O)CCCCCCCCCCCCCCCCC)OC(=O)CCCCCCCCCCCCCCC. The van der Waals surface area contributed by atoms with Crippen molar-refractivity contribution in [3.05, 3.63) is 48.6 Å². The molecule has 0 heterocycles. The number of ether oxygens (including phenoxy) is 3. The number of rotatable bonds is 47. The summed E-state index contributed by atoms with van der Waals surface area (Å²) in [6, 6.07) is 0. The van der Waals surface area contributed by atoms with Crippen LogP contribution in [0.2, 0.25) is 0 Å². The van der Waals surface area contributed by atoms with E-state index in [2.05, 4.69) is 69.4 Å². The molecule has 0 bridgehead atoms. The minimum Gasteiger partial charge on any atom is -0.462 e. The molecule has 0 N–H and O–H groups in total. The van der Waals surface area contributed by atoms with Crippen LogP contribution < -0.4 is 0 Å². The first-order valence-corrected chi connectivity index (χ1v) is 26.1. The Morgan fingerprint density at radius 2 is 0.639 bits per heavy atom. The molecule has 0 radical (unpaired) electrons. The summed E-state index contributed by atoms with van der Waals surface area (Å²) in [5.41, 5.74) is 0. The molecular weight excluding hydrogens is 757 g/mol. The average Bonchev–Trinajstić information content (AvgIpc) is 3.26. The van der Waals surface area contributed by atoms with Crippen LogP contribution in [0.1, 0.15) is 265 Å². The molecule has 0 aromatic rings. The number of carbonyl (C=O) groups is 3. The summed E-state index contributed by atoms with van der Waals surface area (Å²) in [7, 11) is 0. The lowest BCUT2D eigenvalue weighted by molar-refractivity contribution is -0.167. The number of hydrogen-bond donors (Lipinski definition) is 0. The van der Waals surface area contributed by atoms with Gasteiger partial charge in [-0.1, -0.05) is 236 Å². The molecule has 0 amide bonds. The van der Waals surface area contributed by atoms with E-state index in [-0.39, 0.29) is 31.1 Å². The Kier molecular flexibility index (Phi) is 47.9. The topological polar surface area (TPSA) is 78.9 Å². The van der Waals surface area contributed by atoms with Gasteiger partial charge in [-0.2, -0.15) is 0 Å². The Labute approximate surface area is 378 Å². The largest absolute Gasteiger partial charge is 0.462 e. The van der Waals surface area contributed by atoms with Crippen molar-refractivity contribution in [1.29, 1.82) is 0 Å². The van der Waals surface area contributed by atoms with Gasteiger partial charge in [0.1, 0.15) is 13.2 Å². The molecule has 354 valence electrons. The summed E-state index contributed by atoms with van der Waals surface area (Å²) in [4.78, 5) is 38.0. The predicted octanol–water partition coefficient (Wildman–Crippen LogP) is 17.1. The normalized spacial score (nSPS) is 12.4. The molecule has 0 aromatic heterocycles. The van der Waals surface area contributed by atoms with Gasteiger partial charge in [0, 0.05) is 19.3 Å². The number of carbonyl (C=O) groups excluding carboxylic acids is 3. The number of esters is 3. The molecule has 61 heavy (non-hydrogen) atoms. The van der Waals surface area contributed by atoms with Crippen molar-refractivity contribution in [1.82, 2.24) is 0 Å². The fraction of sp³-hybridized carbons (Fsp3) is 0.800. The first kappa shape index (κ1) is 58.4. The molecule has 0 fully saturated rings. The van der Waals surface area contributed by atoms with E-state index in [4.69, 9.17) is 14.2 Å². The van der Waals surface area contributed by atoms with E-state index in [0.717, 1.165) is 83.5 Å². The van der Waals surface area contributed by atoms with Crippen LogP contribution in [0.4, 0.5) is 0 Å². The second kappa shape index (κ2) is 50.0. The summed E-state index contributed by atoms with van der Waals surface area (Å²) >= 11 is 0. The van der Waals surface area contributed by atoms with Crippen LogP contribution >= 0.6 is 0 Å². The quantitative estimate of drug-likeness (QED) is 0.0263. The van der Waals surface area contributed by atoms with Gasteiger partial charge in [-0.3, -0.25) is 14.4 Å². The highest BCUT2D eigenvalue weighted by molar-refractivity contribution is 5.71. The Balaban J connectivity index is 4.40. The fourth-order valence-corrected chi connectivity index (χ4v) is 7.43. The minimum atomic E-state index is -0.784. The molecule has 0 aliphatic carbocycles. The van der Waals surface area contributed by atoms with Crippen molar-refractivity contribution in [2.45, 2.75) is 271 Å². The fourth-order valence-electron chi connectivity index (χ4n) is 7.43. The summed E-state index contributed by atoms with van der Waals surface area (Å²) in [6.45, 7) is 6.51. The zero-order valence-electron chi connectivity index (χ0n) is 40.4. The lowest BCUT2D eigenvalue weighted by Crippen LogP contribution is -2.30. The van der Waals surface area contributed by atoms with E-state index in [1.807, 2.05) is 0 Å². The van der Waals surface area contributed by atoms with Crippen LogP contribution in [0.15, 0.2) is 48.6 Å². The molecule has 0 aromatic carbocycles. The molecule has 1 atom stereocenters. The standard InChI is InChI=1S/C55H98O6/c1-4-7-10-13-16-19-22-25-27-30-32-35-38-41-44-47-53(56)59-50-52(61-55(58)49-46-43-40-37-34-29-24-21-18-15-12-9-6-3)51-60-54(57)48-45-42-39-36-33-31-28-26-23-20-17-14-11-8-5-2/h7,10,16,19,25,27,32,35,52H,4-6,8-9,11-15,17-18,20-24,26,28-31,33-34,36-51H2,1-3H3/b10-7-,19-16-,27-25-,35-32-/t52-/m1/s1. The monoisotopic (exact) mass is 855 g/mol. The maximum atomic E-state index is 12.8. The van der Waals surface area contributed by atoms with E-state index in [1.54, 1.807) is 0 Å². The third-order valence-electron chi connectivity index (χ3n) is 11.3. The van der Waals surface area contributed by atoms with Gasteiger partial charge in [0.25, 0.3) is 0 Å². The average molecular weight is 855 g/mol. The highest BCUT2D eigenvalue weighted by Gasteiger charge is 2.19. The smallest absolute Gasteiger partial charge is 0.306 e. The Morgan fingerprint density at radius 1 is 0.344 bits per heavy atom. The molecular formula is C55H98O6. The Bertz CT molecular complexity index is 1070. The van der Waals surface area contributed by atoms with Gasteiger partial charge >= 0.3 is 17.9 Å². The van der Waals surface area contributed by atoms with Gasteiger partial charge in [0.2, 0.25) is 0 Å². The van der Waals surface area contributed by atoms with Crippen LogP contribution in [0.5, 0.6) is 0 Å². The Morgan fingerprint density at radius 3 is 1.00 bits per heavy atom. The van der Waals surface area contributed by atoms with Crippen LogP contribution in [0.25, 0.3) is 0 Å². The van der Waals surface area contributed by atoms with Gasteiger partial charge in [-0.05, 0) is 57.8 Å². The zero-order valence-corrected chi connectivity index (χ0v) is 40.4. The van der Waals surface area contributed by atoms with Crippen LogP contribution in [-0.4, -0.2) is 37.2 Å². The number of hydrogen-bond acceptors (Lipinski definition) is 6. The Hall–Kier alpha value is -2.63. The molecule has 0 saturated heterocycles. The summed E-state index contributed by atoms with van der Waals surface area (Å²) in [5.74, 6) is -0.915. The molecule has 6 nitrogen and oxygen atoms in total. The first-order valence-electron chi connectivity index (χ1n) is 26.1. The van der Waals surface area contributed by atoms with Crippen molar-refractivity contribution in [3.8, 4) is 0 Å². The van der Waals surface area contributed by atoms with E-state index < -0.39 is 6.10 Å². The maximum Gasteiger partial charge on any atom is 0.306 e.